The van der Waals surface area contributed by atoms with Gasteiger partial charge in [-0.2, -0.15) is 0 Å². The van der Waals surface area contributed by atoms with Crippen molar-refractivity contribution in [1.29, 1.82) is 0 Å². The summed E-state index contributed by atoms with van der Waals surface area (Å²) in [4.78, 5) is 2.16. The van der Waals surface area contributed by atoms with Crippen LogP contribution in [0, 0.1) is 6.92 Å². The molecule has 0 saturated carbocycles. The molecule has 1 rings (SSSR count). The van der Waals surface area contributed by atoms with E-state index in [1.165, 1.54) is 5.56 Å². The molecule has 0 saturated heterocycles. The summed E-state index contributed by atoms with van der Waals surface area (Å²) in [7, 11) is 4.00. The average molecular weight is 193 g/mol. The Labute approximate surface area is 85.9 Å². The standard InChI is InChI=1S/C11H19N3/c1-9-4-5-11(10(12)8-9)14(3)7-6-13-2/h4-5,8,13H,6-7,12H2,1-3H3. The van der Waals surface area contributed by atoms with E-state index in [9.17, 15) is 0 Å². The Hall–Kier alpha value is -1.22. The minimum absolute atomic E-state index is 0.851. The maximum Gasteiger partial charge on any atom is 0.0597 e. The van der Waals surface area contributed by atoms with Crippen molar-refractivity contribution < 1.29 is 0 Å². The summed E-state index contributed by atoms with van der Waals surface area (Å²) in [6.07, 6.45) is 0. The van der Waals surface area contributed by atoms with E-state index in [4.69, 9.17) is 5.73 Å². The molecule has 78 valence electrons. The van der Waals surface area contributed by atoms with E-state index < -0.39 is 0 Å². The van der Waals surface area contributed by atoms with Crippen molar-refractivity contribution in [2.45, 2.75) is 6.92 Å². The second-order valence-electron chi connectivity index (χ2n) is 3.59. The maximum atomic E-state index is 5.93. The van der Waals surface area contributed by atoms with Gasteiger partial charge in [-0.3, -0.25) is 0 Å². The van der Waals surface area contributed by atoms with Gasteiger partial charge in [-0.25, -0.2) is 0 Å². The Kier molecular flexibility index (Phi) is 3.77. The molecular formula is C11H19N3. The van der Waals surface area contributed by atoms with Gasteiger partial charge in [0.2, 0.25) is 0 Å². The Morgan fingerprint density at radius 3 is 2.71 bits per heavy atom. The Morgan fingerprint density at radius 2 is 2.14 bits per heavy atom. The lowest BCUT2D eigenvalue weighted by Crippen LogP contribution is -2.27. The summed E-state index contributed by atoms with van der Waals surface area (Å²) in [6, 6.07) is 6.16. The van der Waals surface area contributed by atoms with Crippen LogP contribution in [-0.4, -0.2) is 27.2 Å². The molecule has 0 aromatic heterocycles. The molecule has 0 heterocycles. The van der Waals surface area contributed by atoms with Crippen molar-refractivity contribution in [3.8, 4) is 0 Å². The fraction of sp³-hybridized carbons (Fsp3) is 0.455. The third-order valence-corrected chi connectivity index (χ3v) is 2.29. The molecular weight excluding hydrogens is 174 g/mol. The first-order chi connectivity index (χ1) is 6.65. The van der Waals surface area contributed by atoms with Crippen molar-refractivity contribution >= 4 is 11.4 Å². The van der Waals surface area contributed by atoms with Gasteiger partial charge in [0, 0.05) is 20.1 Å². The van der Waals surface area contributed by atoms with E-state index in [1.54, 1.807) is 0 Å². The van der Waals surface area contributed by atoms with Crippen LogP contribution in [0.2, 0.25) is 0 Å². The van der Waals surface area contributed by atoms with Gasteiger partial charge in [-0.05, 0) is 31.7 Å². The smallest absolute Gasteiger partial charge is 0.0597 e. The molecule has 0 aliphatic carbocycles. The maximum absolute atomic E-state index is 5.93. The molecule has 0 bridgehead atoms. The van der Waals surface area contributed by atoms with Gasteiger partial charge >= 0.3 is 0 Å². The monoisotopic (exact) mass is 193 g/mol. The van der Waals surface area contributed by atoms with E-state index in [1.807, 2.05) is 20.0 Å². The summed E-state index contributed by atoms with van der Waals surface area (Å²) >= 11 is 0. The van der Waals surface area contributed by atoms with Crippen LogP contribution in [0.3, 0.4) is 0 Å². The number of nitrogens with one attached hydrogen (secondary N) is 1. The van der Waals surface area contributed by atoms with Gasteiger partial charge < -0.3 is 16.0 Å². The van der Waals surface area contributed by atoms with Crippen LogP contribution in [0.1, 0.15) is 5.56 Å². The van der Waals surface area contributed by atoms with Crippen molar-refractivity contribution in [3.05, 3.63) is 23.8 Å². The van der Waals surface area contributed by atoms with Crippen LogP contribution in [0.25, 0.3) is 0 Å². The molecule has 1 aromatic carbocycles. The number of nitrogens with two attached hydrogens (primary N) is 1. The summed E-state index contributed by atoms with van der Waals surface area (Å²) in [5.74, 6) is 0. The van der Waals surface area contributed by atoms with Gasteiger partial charge in [-0.1, -0.05) is 6.07 Å². The van der Waals surface area contributed by atoms with Crippen LogP contribution in [0.4, 0.5) is 11.4 Å². The van der Waals surface area contributed by atoms with Crippen molar-refractivity contribution in [2.75, 3.05) is 37.8 Å². The predicted octanol–water partition coefficient (Wildman–Crippen LogP) is 1.23. The van der Waals surface area contributed by atoms with Crippen LogP contribution in [-0.2, 0) is 0 Å². The highest BCUT2D eigenvalue weighted by Gasteiger charge is 2.03. The minimum Gasteiger partial charge on any atom is -0.397 e. The second kappa shape index (κ2) is 4.86. The number of nitrogens with zero attached hydrogens (tertiary/aromatic N) is 1. The zero-order valence-corrected chi connectivity index (χ0v) is 9.17. The molecule has 0 aliphatic rings. The summed E-state index contributed by atoms with van der Waals surface area (Å²) in [5.41, 5.74) is 9.09. The molecule has 3 heteroatoms. The van der Waals surface area contributed by atoms with Crippen molar-refractivity contribution in [2.24, 2.45) is 0 Å². The van der Waals surface area contributed by atoms with E-state index >= 15 is 0 Å². The van der Waals surface area contributed by atoms with Crippen molar-refractivity contribution in [1.82, 2.24) is 5.32 Å². The molecule has 0 radical (unpaired) electrons. The molecule has 0 unspecified atom stereocenters. The molecule has 0 amide bonds. The first kappa shape index (κ1) is 10.9. The lowest BCUT2D eigenvalue weighted by molar-refractivity contribution is 0.768. The van der Waals surface area contributed by atoms with Gasteiger partial charge in [0.15, 0.2) is 0 Å². The second-order valence-corrected chi connectivity index (χ2v) is 3.59. The highest BCUT2D eigenvalue weighted by molar-refractivity contribution is 5.68. The van der Waals surface area contributed by atoms with E-state index in [0.29, 0.717) is 0 Å². The lowest BCUT2D eigenvalue weighted by Gasteiger charge is -2.21. The molecule has 0 spiro atoms. The van der Waals surface area contributed by atoms with E-state index in [0.717, 1.165) is 24.5 Å². The molecule has 3 N–H and O–H groups in total. The highest BCUT2D eigenvalue weighted by atomic mass is 15.1. The third kappa shape index (κ3) is 2.64. The van der Waals surface area contributed by atoms with Gasteiger partial charge in [-0.15, -0.1) is 0 Å². The number of rotatable bonds is 4. The van der Waals surface area contributed by atoms with Gasteiger partial charge in [0.05, 0.1) is 11.4 Å². The molecule has 14 heavy (non-hydrogen) atoms. The Bertz CT molecular complexity index is 297. The van der Waals surface area contributed by atoms with E-state index in [-0.39, 0.29) is 0 Å². The van der Waals surface area contributed by atoms with Crippen LogP contribution < -0.4 is 16.0 Å². The van der Waals surface area contributed by atoms with Crippen LogP contribution >= 0.6 is 0 Å². The SMILES string of the molecule is CNCCN(C)c1ccc(C)cc1N. The molecule has 0 atom stereocenters. The highest BCUT2D eigenvalue weighted by Crippen LogP contribution is 2.22. The quantitative estimate of drug-likeness (QED) is 0.707. The summed E-state index contributed by atoms with van der Waals surface area (Å²) < 4.78 is 0. The zero-order chi connectivity index (χ0) is 10.6. The lowest BCUT2D eigenvalue weighted by atomic mass is 10.2. The topological polar surface area (TPSA) is 41.3 Å². The average Bonchev–Trinajstić information content (AvgIpc) is 2.14. The first-order valence-corrected chi connectivity index (χ1v) is 4.87. The fourth-order valence-electron chi connectivity index (χ4n) is 1.42. The Morgan fingerprint density at radius 1 is 1.43 bits per heavy atom. The van der Waals surface area contributed by atoms with Crippen LogP contribution in [0.15, 0.2) is 18.2 Å². The molecule has 0 fully saturated rings. The largest absolute Gasteiger partial charge is 0.397 e. The Balaban J connectivity index is 2.74. The zero-order valence-electron chi connectivity index (χ0n) is 9.17. The van der Waals surface area contributed by atoms with E-state index in [2.05, 4.69) is 29.4 Å². The molecule has 0 aliphatic heterocycles. The number of nitrogen functional groups attached to an aromatic ring is 1. The molecule has 3 nitrogen and oxygen atoms in total. The number of aryl methyl sites for hydroxylation is 1. The number of anilines is 2. The minimum atomic E-state index is 0.851. The fourth-order valence-corrected chi connectivity index (χ4v) is 1.42. The molecule has 1 aromatic rings. The number of likely N-dealkylation sites (N-methyl/N-ethyl adjacent to an activating group) is 2. The van der Waals surface area contributed by atoms with Gasteiger partial charge in [0.1, 0.15) is 0 Å². The summed E-state index contributed by atoms with van der Waals surface area (Å²) in [5, 5.41) is 3.12. The number of benzene rings is 1. The summed E-state index contributed by atoms with van der Waals surface area (Å²) in [6.45, 7) is 3.97. The normalized spacial score (nSPS) is 10.2. The number of hydrogen-bond donors (Lipinski definition) is 2. The predicted molar refractivity (Wildman–Crippen MR) is 62.8 cm³/mol. The van der Waals surface area contributed by atoms with Crippen LogP contribution in [0.5, 0.6) is 0 Å². The number of hydrogen-bond acceptors (Lipinski definition) is 3. The van der Waals surface area contributed by atoms with Crippen molar-refractivity contribution in [3.63, 3.8) is 0 Å². The third-order valence-electron chi connectivity index (χ3n) is 2.29. The first-order valence-electron chi connectivity index (χ1n) is 4.87. The van der Waals surface area contributed by atoms with Gasteiger partial charge in [0.25, 0.3) is 0 Å².